The van der Waals surface area contributed by atoms with Crippen LogP contribution in [0.25, 0.3) is 100 Å². The van der Waals surface area contributed by atoms with E-state index in [0.29, 0.717) is 5.82 Å². The van der Waals surface area contributed by atoms with Crippen LogP contribution in [0.15, 0.2) is 206 Å². The summed E-state index contributed by atoms with van der Waals surface area (Å²) in [6.07, 6.45) is 0. The van der Waals surface area contributed by atoms with Gasteiger partial charge < -0.3 is 9.13 Å². The number of aromatic nitrogens is 4. The first kappa shape index (κ1) is 31.9. The molecule has 0 atom stereocenters. The number of nitrogens with zero attached hydrogens (tertiary/aromatic N) is 4. The zero-order valence-electron chi connectivity index (χ0n) is 30.4. The molecule has 8 aromatic carbocycles. The van der Waals surface area contributed by atoms with Crippen molar-refractivity contribution in [3.05, 3.63) is 206 Å². The molecule has 0 fully saturated rings. The second kappa shape index (κ2) is 13.1. The maximum absolute atomic E-state index is 5.05. The smallest absolute Gasteiger partial charge is 0.160 e. The van der Waals surface area contributed by atoms with Crippen LogP contribution in [0.1, 0.15) is 0 Å². The van der Waals surface area contributed by atoms with Crippen LogP contribution in [0, 0.1) is 0 Å². The Morgan fingerprint density at radius 3 is 1.23 bits per heavy atom. The van der Waals surface area contributed by atoms with E-state index in [-0.39, 0.29) is 0 Å². The lowest BCUT2D eigenvalue weighted by molar-refractivity contribution is 1.13. The van der Waals surface area contributed by atoms with Crippen molar-refractivity contribution in [3.8, 4) is 56.4 Å². The molecule has 4 heteroatoms. The quantitative estimate of drug-likeness (QED) is 0.172. The van der Waals surface area contributed by atoms with Crippen LogP contribution in [0.4, 0.5) is 0 Å². The van der Waals surface area contributed by atoms with Crippen LogP contribution in [-0.2, 0) is 0 Å². The molecule has 0 aliphatic carbocycles. The molecule has 4 nitrogen and oxygen atoms in total. The molecule has 0 N–H and O–H groups in total. The molecule has 0 saturated carbocycles. The van der Waals surface area contributed by atoms with Gasteiger partial charge in [-0.2, -0.15) is 0 Å². The lowest BCUT2D eigenvalue weighted by atomic mass is 10.0. The van der Waals surface area contributed by atoms with Crippen molar-refractivity contribution in [3.63, 3.8) is 0 Å². The van der Waals surface area contributed by atoms with Crippen molar-refractivity contribution in [2.24, 2.45) is 0 Å². The lowest BCUT2D eigenvalue weighted by Crippen LogP contribution is -1.98. The normalized spacial score (nSPS) is 11.6. The molecular weight excluding hydrogens is 681 g/mol. The van der Waals surface area contributed by atoms with Crippen LogP contribution in [0.3, 0.4) is 0 Å². The number of hydrogen-bond acceptors (Lipinski definition) is 2. The monoisotopic (exact) mass is 714 g/mol. The average molecular weight is 715 g/mol. The highest BCUT2D eigenvalue weighted by Crippen LogP contribution is 2.37. The van der Waals surface area contributed by atoms with Crippen molar-refractivity contribution in [2.45, 2.75) is 0 Å². The van der Waals surface area contributed by atoms with Gasteiger partial charge in [0.1, 0.15) is 0 Å². The van der Waals surface area contributed by atoms with E-state index >= 15 is 0 Å². The van der Waals surface area contributed by atoms with E-state index in [4.69, 9.17) is 9.97 Å². The highest BCUT2D eigenvalue weighted by atomic mass is 15.0. The Kier molecular flexibility index (Phi) is 7.46. The van der Waals surface area contributed by atoms with Crippen molar-refractivity contribution in [1.82, 2.24) is 19.1 Å². The van der Waals surface area contributed by atoms with Crippen molar-refractivity contribution in [2.75, 3.05) is 0 Å². The first-order valence-electron chi connectivity index (χ1n) is 19.0. The summed E-state index contributed by atoms with van der Waals surface area (Å²) in [5, 5.41) is 4.97. The van der Waals surface area contributed by atoms with Crippen molar-refractivity contribution < 1.29 is 0 Å². The third kappa shape index (κ3) is 5.31. The molecule has 0 aliphatic rings. The predicted molar refractivity (Wildman–Crippen MR) is 232 cm³/mol. The van der Waals surface area contributed by atoms with E-state index in [9.17, 15) is 0 Å². The summed E-state index contributed by atoms with van der Waals surface area (Å²) in [5.74, 6) is 0.704. The number of hydrogen-bond donors (Lipinski definition) is 0. The largest absolute Gasteiger partial charge is 0.309 e. The van der Waals surface area contributed by atoms with Crippen molar-refractivity contribution in [1.29, 1.82) is 0 Å². The third-order valence-corrected chi connectivity index (χ3v) is 10.9. The Morgan fingerprint density at radius 1 is 0.268 bits per heavy atom. The molecule has 56 heavy (non-hydrogen) atoms. The van der Waals surface area contributed by atoms with Gasteiger partial charge in [-0.15, -0.1) is 0 Å². The molecule has 11 rings (SSSR count). The Balaban J connectivity index is 1.02. The number of para-hydroxylation sites is 3. The zero-order chi connectivity index (χ0) is 37.0. The number of rotatable bonds is 6. The Labute approximate surface area is 324 Å². The van der Waals surface area contributed by atoms with Gasteiger partial charge in [-0.3, -0.25) is 0 Å². The Morgan fingerprint density at radius 2 is 0.696 bits per heavy atom. The molecule has 3 heterocycles. The first-order chi connectivity index (χ1) is 27.8. The Hall–Kier alpha value is -7.56. The summed E-state index contributed by atoms with van der Waals surface area (Å²) < 4.78 is 4.80. The predicted octanol–water partition coefficient (Wildman–Crippen LogP) is 13.3. The lowest BCUT2D eigenvalue weighted by Gasteiger charge is -2.13. The van der Waals surface area contributed by atoms with E-state index in [0.717, 1.165) is 50.6 Å². The van der Waals surface area contributed by atoms with Crippen LogP contribution in [-0.4, -0.2) is 19.1 Å². The zero-order valence-corrected chi connectivity index (χ0v) is 30.4. The molecule has 0 saturated heterocycles. The van der Waals surface area contributed by atoms with E-state index in [1.807, 2.05) is 36.4 Å². The van der Waals surface area contributed by atoms with E-state index in [1.165, 1.54) is 43.6 Å². The molecule has 11 aromatic rings. The summed E-state index contributed by atoms with van der Waals surface area (Å²) in [5.41, 5.74) is 14.2. The summed E-state index contributed by atoms with van der Waals surface area (Å²) >= 11 is 0. The Bertz CT molecular complexity index is 3120. The first-order valence-corrected chi connectivity index (χ1v) is 19.0. The second-order valence-electron chi connectivity index (χ2n) is 14.2. The second-order valence-corrected chi connectivity index (χ2v) is 14.2. The summed E-state index contributed by atoms with van der Waals surface area (Å²) in [6.45, 7) is 0. The van der Waals surface area contributed by atoms with Gasteiger partial charge in [0, 0.05) is 49.6 Å². The average Bonchev–Trinajstić information content (AvgIpc) is 3.80. The standard InChI is InChI=1S/C52H34N4/c1-3-14-36(15-4-1)46-34-47(37-16-5-2-6-17-37)54-52(53-46)38-28-26-35(27-29-38)39-30-31-45-44-22-9-12-25-50(44)56(51(45)32-39)41-19-13-18-40(33-41)55-48-23-10-7-20-42(48)43-21-8-11-24-49(43)55/h1-34H. The molecule has 0 bridgehead atoms. The summed E-state index contributed by atoms with van der Waals surface area (Å²) in [6, 6.07) is 73.2. The number of benzene rings is 8. The topological polar surface area (TPSA) is 35.6 Å². The van der Waals surface area contributed by atoms with E-state index < -0.39 is 0 Å². The molecule has 0 spiro atoms. The van der Waals surface area contributed by atoms with Gasteiger partial charge in [-0.05, 0) is 59.7 Å². The van der Waals surface area contributed by atoms with E-state index in [2.05, 4.69) is 179 Å². The van der Waals surface area contributed by atoms with Gasteiger partial charge in [0.05, 0.1) is 33.5 Å². The fraction of sp³-hybridized carbons (Fsp3) is 0. The SMILES string of the molecule is c1ccc(-c2cc(-c3ccccc3)nc(-c3ccc(-c4ccc5c6ccccc6n(-c6cccc(-n7c8ccccc8c8ccccc87)c6)c5c4)cc3)n2)cc1. The molecule has 0 unspecified atom stereocenters. The number of fused-ring (bicyclic) bond motifs is 6. The van der Waals surface area contributed by atoms with Crippen LogP contribution in [0.2, 0.25) is 0 Å². The van der Waals surface area contributed by atoms with Gasteiger partial charge in [0.25, 0.3) is 0 Å². The molecule has 0 aliphatic heterocycles. The van der Waals surface area contributed by atoms with E-state index in [1.54, 1.807) is 0 Å². The fourth-order valence-electron chi connectivity index (χ4n) is 8.30. The minimum absolute atomic E-state index is 0.704. The molecule has 0 radical (unpaired) electrons. The molecule has 3 aromatic heterocycles. The fourth-order valence-corrected chi connectivity index (χ4v) is 8.30. The van der Waals surface area contributed by atoms with Crippen LogP contribution in [0.5, 0.6) is 0 Å². The van der Waals surface area contributed by atoms with Crippen molar-refractivity contribution >= 4 is 43.6 Å². The van der Waals surface area contributed by atoms with Crippen LogP contribution < -0.4 is 0 Å². The summed E-state index contributed by atoms with van der Waals surface area (Å²) in [7, 11) is 0. The minimum atomic E-state index is 0.704. The highest BCUT2D eigenvalue weighted by molar-refractivity contribution is 6.11. The van der Waals surface area contributed by atoms with Gasteiger partial charge in [0.15, 0.2) is 5.82 Å². The maximum atomic E-state index is 5.05. The minimum Gasteiger partial charge on any atom is -0.309 e. The highest BCUT2D eigenvalue weighted by Gasteiger charge is 2.17. The van der Waals surface area contributed by atoms with Crippen LogP contribution >= 0.6 is 0 Å². The van der Waals surface area contributed by atoms with Gasteiger partial charge in [-0.1, -0.05) is 158 Å². The van der Waals surface area contributed by atoms with Gasteiger partial charge in [0.2, 0.25) is 0 Å². The van der Waals surface area contributed by atoms with Gasteiger partial charge in [-0.25, -0.2) is 9.97 Å². The molecular formula is C52H34N4. The third-order valence-electron chi connectivity index (χ3n) is 10.9. The summed E-state index contributed by atoms with van der Waals surface area (Å²) in [4.78, 5) is 10.1. The molecule has 262 valence electrons. The van der Waals surface area contributed by atoms with Gasteiger partial charge >= 0.3 is 0 Å². The maximum Gasteiger partial charge on any atom is 0.160 e. The molecule has 0 amide bonds.